The molecule has 4 heteroatoms. The highest BCUT2D eigenvalue weighted by atomic mass is 16.6. The number of methoxy groups -OCH3 is 1. The van der Waals surface area contributed by atoms with Gasteiger partial charge in [0, 0.05) is 7.11 Å². The quantitative estimate of drug-likeness (QED) is 0.553. The Balaban J connectivity index is 2.33. The number of hydrogen-bond donors (Lipinski definition) is 1. The monoisotopic (exact) mass is 229 g/mol. The van der Waals surface area contributed by atoms with Crippen LogP contribution in [-0.4, -0.2) is 32.8 Å². The molecule has 0 aromatic carbocycles. The molecule has 0 heterocycles. The van der Waals surface area contributed by atoms with Crippen molar-refractivity contribution in [3.05, 3.63) is 0 Å². The van der Waals surface area contributed by atoms with Crippen molar-refractivity contribution in [3.63, 3.8) is 0 Å². The Hall–Kier alpha value is -0.610. The van der Waals surface area contributed by atoms with E-state index in [0.717, 1.165) is 12.8 Å². The molecule has 1 saturated carbocycles. The lowest BCUT2D eigenvalue weighted by Crippen LogP contribution is -2.35. The predicted octanol–water partition coefficient (Wildman–Crippen LogP) is 1.48. The predicted molar refractivity (Wildman–Crippen MR) is 62.0 cm³/mol. The van der Waals surface area contributed by atoms with Crippen LogP contribution >= 0.6 is 0 Å². The second-order valence-electron chi connectivity index (χ2n) is 4.65. The summed E-state index contributed by atoms with van der Waals surface area (Å²) in [5, 5.41) is 0. The van der Waals surface area contributed by atoms with Crippen molar-refractivity contribution in [2.45, 2.75) is 38.5 Å². The van der Waals surface area contributed by atoms with Crippen LogP contribution in [0.1, 0.15) is 38.5 Å². The van der Waals surface area contributed by atoms with E-state index in [1.165, 1.54) is 19.3 Å². The summed E-state index contributed by atoms with van der Waals surface area (Å²) in [6.07, 6.45) is 6.21. The van der Waals surface area contributed by atoms with Crippen molar-refractivity contribution < 1.29 is 14.3 Å². The second-order valence-corrected chi connectivity index (χ2v) is 4.65. The molecule has 0 aliphatic heterocycles. The molecule has 94 valence electrons. The van der Waals surface area contributed by atoms with Gasteiger partial charge in [-0.05, 0) is 24.8 Å². The number of carbonyl (C=O) groups excluding carboxylic acids is 1. The first-order valence-electron chi connectivity index (χ1n) is 6.07. The minimum absolute atomic E-state index is 0.00239. The minimum Gasteiger partial charge on any atom is -0.463 e. The summed E-state index contributed by atoms with van der Waals surface area (Å²) in [6, 6.07) is 0. The van der Waals surface area contributed by atoms with Gasteiger partial charge in [-0.2, -0.15) is 0 Å². The molecule has 1 fully saturated rings. The molecular formula is C12H23NO3. The molecule has 1 aliphatic carbocycles. The summed E-state index contributed by atoms with van der Waals surface area (Å²) in [6.45, 7) is 1.39. The van der Waals surface area contributed by atoms with E-state index < -0.39 is 0 Å². The third-order valence-electron chi connectivity index (χ3n) is 3.42. The van der Waals surface area contributed by atoms with Gasteiger partial charge in [-0.25, -0.2) is 0 Å². The molecular weight excluding hydrogens is 206 g/mol. The molecule has 1 aliphatic rings. The fourth-order valence-electron chi connectivity index (χ4n) is 2.35. The van der Waals surface area contributed by atoms with E-state index in [0.29, 0.717) is 26.2 Å². The molecule has 0 bridgehead atoms. The van der Waals surface area contributed by atoms with Gasteiger partial charge in [-0.3, -0.25) is 4.79 Å². The maximum absolute atomic E-state index is 11.6. The lowest BCUT2D eigenvalue weighted by atomic mass is 9.72. The van der Waals surface area contributed by atoms with Crippen LogP contribution in [0.4, 0.5) is 0 Å². The molecule has 0 saturated heterocycles. The molecule has 0 spiro atoms. The van der Waals surface area contributed by atoms with E-state index in [-0.39, 0.29) is 11.4 Å². The summed E-state index contributed by atoms with van der Waals surface area (Å²) in [4.78, 5) is 11.6. The fourth-order valence-corrected chi connectivity index (χ4v) is 2.35. The molecule has 0 aromatic heterocycles. The molecule has 2 N–H and O–H groups in total. The summed E-state index contributed by atoms with van der Waals surface area (Å²) in [7, 11) is 1.59. The minimum atomic E-state index is -0.135. The molecule has 0 aromatic rings. The smallest absolute Gasteiger partial charge is 0.306 e. The normalized spacial score (nSPS) is 19.4. The lowest BCUT2D eigenvalue weighted by Gasteiger charge is -2.35. The van der Waals surface area contributed by atoms with Crippen molar-refractivity contribution in [3.8, 4) is 0 Å². The van der Waals surface area contributed by atoms with E-state index in [1.807, 2.05) is 0 Å². The molecule has 1 rings (SSSR count). The van der Waals surface area contributed by atoms with E-state index >= 15 is 0 Å². The number of ether oxygens (including phenoxy) is 2. The van der Waals surface area contributed by atoms with Gasteiger partial charge in [-0.15, -0.1) is 0 Å². The Kier molecular flexibility index (Phi) is 5.77. The first kappa shape index (κ1) is 13.5. The van der Waals surface area contributed by atoms with Gasteiger partial charge in [0.25, 0.3) is 0 Å². The highest BCUT2D eigenvalue weighted by Crippen LogP contribution is 2.38. The van der Waals surface area contributed by atoms with Crippen molar-refractivity contribution in [1.82, 2.24) is 0 Å². The van der Waals surface area contributed by atoms with Crippen LogP contribution in [0.15, 0.2) is 0 Å². The Labute approximate surface area is 97.5 Å². The number of hydrogen-bond acceptors (Lipinski definition) is 4. The molecule has 0 unspecified atom stereocenters. The van der Waals surface area contributed by atoms with Crippen LogP contribution in [0.2, 0.25) is 0 Å². The fraction of sp³-hybridized carbons (Fsp3) is 0.917. The lowest BCUT2D eigenvalue weighted by molar-refractivity contribution is -0.148. The van der Waals surface area contributed by atoms with Gasteiger partial charge in [0.2, 0.25) is 0 Å². The van der Waals surface area contributed by atoms with Crippen LogP contribution < -0.4 is 5.73 Å². The third-order valence-corrected chi connectivity index (χ3v) is 3.42. The van der Waals surface area contributed by atoms with Crippen molar-refractivity contribution in [2.24, 2.45) is 11.1 Å². The van der Waals surface area contributed by atoms with Crippen molar-refractivity contribution >= 4 is 5.97 Å². The maximum atomic E-state index is 11.6. The van der Waals surface area contributed by atoms with Gasteiger partial charge in [0.15, 0.2) is 0 Å². The van der Waals surface area contributed by atoms with Gasteiger partial charge in [0.1, 0.15) is 6.61 Å². The maximum Gasteiger partial charge on any atom is 0.306 e. The third kappa shape index (κ3) is 4.10. The van der Waals surface area contributed by atoms with Crippen LogP contribution in [-0.2, 0) is 14.3 Å². The van der Waals surface area contributed by atoms with Crippen LogP contribution in [0.5, 0.6) is 0 Å². The van der Waals surface area contributed by atoms with E-state index in [9.17, 15) is 4.79 Å². The Morgan fingerprint density at radius 1 is 1.25 bits per heavy atom. The molecule has 0 amide bonds. The first-order chi connectivity index (χ1) is 7.72. The number of rotatable bonds is 6. The van der Waals surface area contributed by atoms with Crippen LogP contribution in [0.3, 0.4) is 0 Å². The Bertz CT molecular complexity index is 212. The van der Waals surface area contributed by atoms with Gasteiger partial charge >= 0.3 is 5.97 Å². The molecule has 0 radical (unpaired) electrons. The highest BCUT2D eigenvalue weighted by Gasteiger charge is 2.33. The summed E-state index contributed by atoms with van der Waals surface area (Å²) < 4.78 is 9.92. The topological polar surface area (TPSA) is 61.5 Å². The van der Waals surface area contributed by atoms with Crippen molar-refractivity contribution in [1.29, 1.82) is 0 Å². The molecule has 16 heavy (non-hydrogen) atoms. The highest BCUT2D eigenvalue weighted by molar-refractivity contribution is 5.70. The largest absolute Gasteiger partial charge is 0.463 e. The van der Waals surface area contributed by atoms with Crippen LogP contribution in [0.25, 0.3) is 0 Å². The van der Waals surface area contributed by atoms with E-state index in [4.69, 9.17) is 15.2 Å². The Morgan fingerprint density at radius 2 is 1.94 bits per heavy atom. The van der Waals surface area contributed by atoms with E-state index in [2.05, 4.69) is 0 Å². The number of esters is 1. The van der Waals surface area contributed by atoms with Crippen LogP contribution in [0, 0.1) is 5.41 Å². The Morgan fingerprint density at radius 3 is 2.50 bits per heavy atom. The molecule has 4 nitrogen and oxygen atoms in total. The first-order valence-corrected chi connectivity index (χ1v) is 6.07. The molecule has 0 atom stereocenters. The number of carbonyl (C=O) groups is 1. The average molecular weight is 229 g/mol. The van der Waals surface area contributed by atoms with Gasteiger partial charge in [-0.1, -0.05) is 19.3 Å². The average Bonchev–Trinajstić information content (AvgIpc) is 2.30. The van der Waals surface area contributed by atoms with E-state index in [1.54, 1.807) is 7.11 Å². The summed E-state index contributed by atoms with van der Waals surface area (Å²) in [5.41, 5.74) is 5.81. The van der Waals surface area contributed by atoms with Crippen molar-refractivity contribution in [2.75, 3.05) is 26.9 Å². The van der Waals surface area contributed by atoms with Gasteiger partial charge < -0.3 is 15.2 Å². The zero-order valence-corrected chi connectivity index (χ0v) is 10.2. The second kappa shape index (κ2) is 6.86. The summed E-state index contributed by atoms with van der Waals surface area (Å²) in [5.74, 6) is -0.135. The SMILES string of the molecule is COCCOC(=O)CC1(CN)CCCCC1. The summed E-state index contributed by atoms with van der Waals surface area (Å²) >= 11 is 0. The number of nitrogens with two attached hydrogens (primary N) is 1. The standard InChI is InChI=1S/C12H23NO3/c1-15-7-8-16-11(14)9-12(10-13)5-3-2-4-6-12/h2-10,13H2,1H3. The zero-order chi connectivity index (χ0) is 11.9. The van der Waals surface area contributed by atoms with Gasteiger partial charge in [0.05, 0.1) is 13.0 Å². The zero-order valence-electron chi connectivity index (χ0n) is 10.2.